The van der Waals surface area contributed by atoms with Crippen LogP contribution in [0.5, 0.6) is 0 Å². The van der Waals surface area contributed by atoms with Gasteiger partial charge in [-0.3, -0.25) is 4.39 Å². The Morgan fingerprint density at radius 3 is 2.23 bits per heavy atom. The van der Waals surface area contributed by atoms with Crippen molar-refractivity contribution in [2.45, 2.75) is 32.0 Å². The van der Waals surface area contributed by atoms with Crippen molar-refractivity contribution in [3.8, 4) is 0 Å². The first-order valence-electron chi connectivity index (χ1n) is 7.76. The molecule has 2 N–H and O–H groups in total. The Morgan fingerprint density at radius 1 is 1.00 bits per heavy atom. The van der Waals surface area contributed by atoms with Crippen molar-refractivity contribution in [1.82, 2.24) is 15.5 Å². The third-order valence-electron chi connectivity index (χ3n) is 3.18. The van der Waals surface area contributed by atoms with Crippen molar-refractivity contribution in [3.05, 3.63) is 5.32 Å². The molecule has 0 aliphatic carbocycles. The van der Waals surface area contributed by atoms with Gasteiger partial charge in [-0.1, -0.05) is 6.42 Å². The fourth-order valence-electron chi connectivity index (χ4n) is 2.06. The van der Waals surface area contributed by atoms with Crippen LogP contribution in [0.1, 0.15) is 25.7 Å². The van der Waals surface area contributed by atoms with E-state index in [1.807, 2.05) is 0 Å². The van der Waals surface area contributed by atoms with Gasteiger partial charge in [0.15, 0.2) is 0 Å². The molecule has 132 valence electrons. The predicted octanol–water partition coefficient (Wildman–Crippen LogP) is 3.41. The van der Waals surface area contributed by atoms with Gasteiger partial charge in [0.05, 0.1) is 0 Å². The van der Waals surface area contributed by atoms with Gasteiger partial charge < -0.3 is 20.9 Å². The van der Waals surface area contributed by atoms with Crippen LogP contribution >= 0.6 is 27.9 Å². The summed E-state index contributed by atoms with van der Waals surface area (Å²) >= 11 is -1.92. The molecule has 0 saturated carbocycles. The van der Waals surface area contributed by atoms with E-state index in [2.05, 4.69) is 27.9 Å². The van der Waals surface area contributed by atoms with Crippen molar-refractivity contribution in [1.29, 1.82) is 0 Å². The molecule has 1 fully saturated rings. The summed E-state index contributed by atoms with van der Waals surface area (Å²) in [4.78, 5) is 2.30. The fraction of sp³-hybridized carbons (Fsp3) is 1.00. The van der Waals surface area contributed by atoms with Gasteiger partial charge in [0.2, 0.25) is 0 Å². The molecule has 1 unspecified atom stereocenters. The first-order chi connectivity index (χ1) is 10.5. The van der Waals surface area contributed by atoms with Crippen LogP contribution < -0.4 is 10.6 Å². The maximum absolute atomic E-state index is 13.4. The Morgan fingerprint density at radius 2 is 1.55 bits per heavy atom. The molecule has 22 heavy (non-hydrogen) atoms. The van der Waals surface area contributed by atoms with Crippen LogP contribution in [0.3, 0.4) is 0 Å². The zero-order valence-corrected chi connectivity index (χ0v) is 17.1. The van der Waals surface area contributed by atoms with E-state index in [-0.39, 0.29) is 0 Å². The van der Waals surface area contributed by atoms with Gasteiger partial charge in [0.1, 0.15) is 0 Å². The molecule has 0 bridgehead atoms. The molecule has 1 atom stereocenters. The molecule has 0 aromatic rings. The first-order valence-corrected chi connectivity index (χ1v) is 14.2. The summed E-state index contributed by atoms with van der Waals surface area (Å²) in [5.41, 5.74) is 0. The number of rotatable bonds is 0. The average Bonchev–Trinajstić information content (AvgIpc) is 2.44. The van der Waals surface area contributed by atoms with E-state index >= 15 is 0 Å². The molecule has 1 rings (SSSR count). The molecule has 1 aliphatic heterocycles. The Hall–Kier alpha value is 1.35. The molecule has 0 amide bonds. The van der Waals surface area contributed by atoms with E-state index in [0.29, 0.717) is 13.0 Å². The van der Waals surface area contributed by atoms with Gasteiger partial charge in [-0.25, -0.2) is 0 Å². The van der Waals surface area contributed by atoms with E-state index in [0.717, 1.165) is 52.1 Å². The summed E-state index contributed by atoms with van der Waals surface area (Å²) < 4.78 is 13.4. The van der Waals surface area contributed by atoms with Gasteiger partial charge in [-0.05, 0) is 65.6 Å². The summed E-state index contributed by atoms with van der Waals surface area (Å²) in [6, 6.07) is 0. The van der Waals surface area contributed by atoms with Gasteiger partial charge in [-0.15, -0.1) is 6.54 Å². The quantitative estimate of drug-likeness (QED) is 0.472. The second-order valence-electron chi connectivity index (χ2n) is 5.21. The SMILES string of the molecule is CN1CCC[N-]C(F)CCNCCCNCCC1.[Cl][Ti+]([Cl])[Cl]. The van der Waals surface area contributed by atoms with Crippen molar-refractivity contribution < 1.29 is 19.1 Å². The predicted molar refractivity (Wildman–Crippen MR) is 92.4 cm³/mol. The number of alkyl halides is 1. The zero-order valence-electron chi connectivity index (χ0n) is 13.3. The van der Waals surface area contributed by atoms with Gasteiger partial charge >= 0.3 is 42.6 Å². The van der Waals surface area contributed by atoms with E-state index in [9.17, 15) is 4.39 Å². The van der Waals surface area contributed by atoms with Gasteiger partial charge in [0.25, 0.3) is 0 Å². The van der Waals surface area contributed by atoms with Crippen LogP contribution in [0, 0.1) is 0 Å². The van der Waals surface area contributed by atoms with Crippen LogP contribution in [-0.4, -0.2) is 64.1 Å². The van der Waals surface area contributed by atoms with Crippen molar-refractivity contribution >= 4 is 27.9 Å². The van der Waals surface area contributed by atoms with Crippen molar-refractivity contribution in [3.63, 3.8) is 0 Å². The monoisotopic (exact) mass is 412 g/mol. The molecule has 0 aromatic heterocycles. The maximum atomic E-state index is 13.4. The minimum absolute atomic E-state index is 0.503. The number of nitrogens with one attached hydrogen (secondary N) is 2. The van der Waals surface area contributed by atoms with Gasteiger partial charge in [-0.2, -0.15) is 0 Å². The summed E-state index contributed by atoms with van der Waals surface area (Å²) in [6.07, 6.45) is 2.74. The fourth-order valence-corrected chi connectivity index (χ4v) is 2.06. The molecular weight excluding hydrogens is 385 g/mol. The first kappa shape index (κ1) is 23.4. The number of hydrogen-bond acceptors (Lipinski definition) is 3. The Balaban J connectivity index is 0.000000980. The summed E-state index contributed by atoms with van der Waals surface area (Å²) in [7, 11) is 17.0. The van der Waals surface area contributed by atoms with Crippen molar-refractivity contribution in [2.24, 2.45) is 0 Å². The van der Waals surface area contributed by atoms with Crippen LogP contribution in [0.25, 0.3) is 5.32 Å². The number of hydrogen-bond donors (Lipinski definition) is 2. The molecule has 9 heteroatoms. The van der Waals surface area contributed by atoms with Crippen molar-refractivity contribution in [2.75, 3.05) is 52.9 Å². The topological polar surface area (TPSA) is 41.4 Å². The van der Waals surface area contributed by atoms with E-state index < -0.39 is 21.0 Å². The summed E-state index contributed by atoms with van der Waals surface area (Å²) in [6.45, 7) is 6.56. The van der Waals surface area contributed by atoms with E-state index in [1.54, 1.807) is 0 Å². The molecular formula is C13H28Cl3FN4Ti. The minimum atomic E-state index is -1.92. The van der Waals surface area contributed by atoms with E-state index in [1.165, 1.54) is 6.42 Å². The Kier molecular flexibility index (Phi) is 18.2. The van der Waals surface area contributed by atoms with Gasteiger partial charge in [0, 0.05) is 6.30 Å². The van der Waals surface area contributed by atoms with Crippen LogP contribution in [0.15, 0.2) is 0 Å². The summed E-state index contributed by atoms with van der Waals surface area (Å²) in [5, 5.41) is 10.7. The molecule has 0 radical (unpaired) electrons. The van der Waals surface area contributed by atoms with Crippen LogP contribution in [-0.2, 0) is 14.7 Å². The average molecular weight is 414 g/mol. The third kappa shape index (κ3) is 19.4. The Labute approximate surface area is 152 Å². The number of halogens is 4. The molecule has 1 aliphatic rings. The molecule has 1 saturated heterocycles. The Bertz CT molecular complexity index is 221. The summed E-state index contributed by atoms with van der Waals surface area (Å²) in [5.74, 6) is 0. The standard InChI is InChI=1S/C13H28FN4.3ClH.Ti/c1-18-11-3-8-15-6-2-7-16-10-5-13(14)17-9-4-12-18;;;;/h13,15-16H,2-12H2,1H3;3*1H;/q-1;;;;+4/p-3. The second-order valence-corrected chi connectivity index (χ2v) is 12.9. The molecule has 1 heterocycles. The van der Waals surface area contributed by atoms with E-state index in [4.69, 9.17) is 27.9 Å². The van der Waals surface area contributed by atoms with Crippen LogP contribution in [0.2, 0.25) is 0 Å². The van der Waals surface area contributed by atoms with Crippen LogP contribution in [0.4, 0.5) is 4.39 Å². The second kappa shape index (κ2) is 17.2. The molecule has 0 aromatic carbocycles. The normalized spacial score (nSPS) is 24.1. The zero-order chi connectivity index (χ0) is 16.6. The number of nitrogens with zero attached hydrogens (tertiary/aromatic N) is 2. The molecule has 4 nitrogen and oxygen atoms in total. The molecule has 0 spiro atoms. The third-order valence-corrected chi connectivity index (χ3v) is 3.18.